The third kappa shape index (κ3) is 5.05. The van der Waals surface area contributed by atoms with E-state index in [2.05, 4.69) is 51.6 Å². The molecule has 0 atom stereocenters. The smallest absolute Gasteiger partial charge is 0.268 e. The van der Waals surface area contributed by atoms with Crippen LogP contribution in [0.5, 0.6) is 0 Å². The Bertz CT molecular complexity index is 1880. The number of Topliss-reactive ketones (excluding diaryl/α,β-unsaturated/α-hetero) is 1. The zero-order valence-electron chi connectivity index (χ0n) is 23.5. The van der Waals surface area contributed by atoms with Crippen molar-refractivity contribution in [3.63, 3.8) is 0 Å². The monoisotopic (exact) mass is 558 g/mol. The summed E-state index contributed by atoms with van der Waals surface area (Å²) >= 11 is 0. The van der Waals surface area contributed by atoms with Crippen LogP contribution in [-0.2, 0) is 19.3 Å². The summed E-state index contributed by atoms with van der Waals surface area (Å²) < 4.78 is 1.49. The number of carbonyl (C=O) groups is 2. The summed E-state index contributed by atoms with van der Waals surface area (Å²) in [6.07, 6.45) is 6.61. The summed E-state index contributed by atoms with van der Waals surface area (Å²) in [5.41, 5.74) is 5.16. The van der Waals surface area contributed by atoms with Gasteiger partial charge >= 0.3 is 0 Å². The van der Waals surface area contributed by atoms with E-state index in [1.165, 1.54) is 28.1 Å². The molecule has 9 heteroatoms. The predicted octanol–water partition coefficient (Wildman–Crippen LogP) is 5.82. The van der Waals surface area contributed by atoms with Crippen LogP contribution >= 0.6 is 0 Å². The molecule has 210 valence electrons. The van der Waals surface area contributed by atoms with Gasteiger partial charge in [-0.3, -0.25) is 19.0 Å². The molecule has 6 rings (SSSR count). The first-order valence-corrected chi connectivity index (χ1v) is 14.1. The number of benzene rings is 2. The summed E-state index contributed by atoms with van der Waals surface area (Å²) in [4.78, 5) is 53.0. The number of nitrogens with one attached hydrogen (secondary N) is 2. The van der Waals surface area contributed by atoms with Crippen molar-refractivity contribution in [2.24, 2.45) is 0 Å². The third-order valence-corrected chi connectivity index (χ3v) is 7.67. The SMILES string of the molecule is CCc1cc2ncnc(Nc3ccc(NC(=O)c4cc5c(n(-c6ccccc6)c4=O)CCCC5=O)nc3)c2cc1CC. The van der Waals surface area contributed by atoms with Gasteiger partial charge in [0.25, 0.3) is 11.5 Å². The van der Waals surface area contributed by atoms with E-state index in [1.54, 1.807) is 30.5 Å². The molecular formula is C33H30N6O3. The number of rotatable bonds is 7. The highest BCUT2D eigenvalue weighted by Gasteiger charge is 2.26. The predicted molar refractivity (Wildman–Crippen MR) is 163 cm³/mol. The van der Waals surface area contributed by atoms with E-state index >= 15 is 0 Å². The Morgan fingerprint density at radius 3 is 2.43 bits per heavy atom. The Morgan fingerprint density at radius 2 is 1.69 bits per heavy atom. The number of ketones is 1. The van der Waals surface area contributed by atoms with Crippen LogP contribution in [0.2, 0.25) is 0 Å². The number of aromatic nitrogens is 4. The van der Waals surface area contributed by atoms with E-state index in [0.717, 1.165) is 23.7 Å². The summed E-state index contributed by atoms with van der Waals surface area (Å²) in [6.45, 7) is 4.27. The number of anilines is 3. The van der Waals surface area contributed by atoms with E-state index in [4.69, 9.17) is 0 Å². The molecule has 1 aliphatic carbocycles. The quantitative estimate of drug-likeness (QED) is 0.259. The first kappa shape index (κ1) is 27.0. The number of aryl methyl sites for hydroxylation is 2. The van der Waals surface area contributed by atoms with Crippen molar-refractivity contribution < 1.29 is 9.59 Å². The Labute approximate surface area is 242 Å². The van der Waals surface area contributed by atoms with Crippen molar-refractivity contribution >= 4 is 39.9 Å². The molecule has 0 saturated carbocycles. The molecule has 0 aliphatic heterocycles. The van der Waals surface area contributed by atoms with Crippen LogP contribution in [0.25, 0.3) is 16.6 Å². The van der Waals surface area contributed by atoms with Gasteiger partial charge in [-0.1, -0.05) is 32.0 Å². The number of pyridine rings is 2. The second kappa shape index (κ2) is 11.4. The lowest BCUT2D eigenvalue weighted by Gasteiger charge is -2.21. The van der Waals surface area contributed by atoms with Gasteiger partial charge < -0.3 is 10.6 Å². The van der Waals surface area contributed by atoms with E-state index < -0.39 is 11.5 Å². The maximum atomic E-state index is 13.6. The largest absolute Gasteiger partial charge is 0.338 e. The number of nitrogens with zero attached hydrogens (tertiary/aromatic N) is 4. The van der Waals surface area contributed by atoms with Gasteiger partial charge in [-0.15, -0.1) is 0 Å². The molecule has 9 nitrogen and oxygen atoms in total. The molecular weight excluding hydrogens is 528 g/mol. The molecule has 0 saturated heterocycles. The summed E-state index contributed by atoms with van der Waals surface area (Å²) in [5.74, 6) is 0.238. The van der Waals surface area contributed by atoms with Crippen LogP contribution in [0.4, 0.5) is 17.3 Å². The Balaban J connectivity index is 1.27. The van der Waals surface area contributed by atoms with Gasteiger partial charge in [0, 0.05) is 28.8 Å². The van der Waals surface area contributed by atoms with Crippen molar-refractivity contribution in [1.29, 1.82) is 0 Å². The zero-order chi connectivity index (χ0) is 29.2. The maximum absolute atomic E-state index is 13.6. The molecule has 0 bridgehead atoms. The molecule has 3 heterocycles. The maximum Gasteiger partial charge on any atom is 0.268 e. The standard InChI is InChI=1S/C33H30N6O3/c1-3-20-15-24-27(16-21(20)4-2)35-19-36-31(24)37-22-13-14-30(34-18-22)38-32(41)26-17-25-28(11-8-12-29(25)40)39(33(26)42)23-9-6-5-7-10-23/h5-7,9-10,13-19H,3-4,8,11-12H2,1-2H3,(H,34,38,41)(H,35,36,37). The molecule has 1 aliphatic rings. The number of carbonyl (C=O) groups excluding carboxylic acids is 2. The normalized spacial score (nSPS) is 12.7. The van der Waals surface area contributed by atoms with Crippen LogP contribution < -0.4 is 16.2 Å². The molecule has 5 aromatic rings. The van der Waals surface area contributed by atoms with Crippen molar-refractivity contribution in [3.8, 4) is 5.69 Å². The Kier molecular flexibility index (Phi) is 7.31. The number of amides is 1. The minimum absolute atomic E-state index is 0.0715. The van der Waals surface area contributed by atoms with Gasteiger partial charge in [-0.2, -0.15) is 0 Å². The van der Waals surface area contributed by atoms with Gasteiger partial charge in [0.2, 0.25) is 0 Å². The van der Waals surface area contributed by atoms with E-state index in [1.807, 2.05) is 18.2 Å². The third-order valence-electron chi connectivity index (χ3n) is 7.67. The molecule has 0 radical (unpaired) electrons. The lowest BCUT2D eigenvalue weighted by atomic mass is 9.92. The highest BCUT2D eigenvalue weighted by molar-refractivity contribution is 6.06. The second-order valence-electron chi connectivity index (χ2n) is 10.2. The topological polar surface area (TPSA) is 119 Å². The summed E-state index contributed by atoms with van der Waals surface area (Å²) in [7, 11) is 0. The van der Waals surface area contributed by atoms with Crippen LogP contribution in [0.15, 0.2) is 78.0 Å². The molecule has 2 N–H and O–H groups in total. The van der Waals surface area contributed by atoms with Gasteiger partial charge in [-0.05, 0) is 79.3 Å². The fraction of sp³-hybridized carbons (Fsp3) is 0.212. The molecule has 1 amide bonds. The molecule has 42 heavy (non-hydrogen) atoms. The number of hydrogen-bond acceptors (Lipinski definition) is 7. The first-order chi connectivity index (χ1) is 20.5. The fourth-order valence-corrected chi connectivity index (χ4v) is 5.52. The second-order valence-corrected chi connectivity index (χ2v) is 10.2. The highest BCUT2D eigenvalue weighted by atomic mass is 16.2. The van der Waals surface area contributed by atoms with Crippen LogP contribution in [-0.4, -0.2) is 31.2 Å². The van der Waals surface area contributed by atoms with Crippen molar-refractivity contribution in [3.05, 3.63) is 111 Å². The minimum atomic E-state index is -0.625. The number of para-hydroxylation sites is 1. The zero-order valence-corrected chi connectivity index (χ0v) is 23.5. The van der Waals surface area contributed by atoms with E-state index in [-0.39, 0.29) is 17.2 Å². The lowest BCUT2D eigenvalue weighted by molar-refractivity contribution is 0.0971. The Morgan fingerprint density at radius 1 is 0.905 bits per heavy atom. The summed E-state index contributed by atoms with van der Waals surface area (Å²) in [6, 6.07) is 18.2. The van der Waals surface area contributed by atoms with Crippen LogP contribution in [0, 0.1) is 0 Å². The fourth-order valence-electron chi connectivity index (χ4n) is 5.52. The van der Waals surface area contributed by atoms with Crippen molar-refractivity contribution in [2.45, 2.75) is 46.0 Å². The van der Waals surface area contributed by atoms with Gasteiger partial charge in [-0.25, -0.2) is 15.0 Å². The van der Waals surface area contributed by atoms with E-state index in [9.17, 15) is 14.4 Å². The number of fused-ring (bicyclic) bond motifs is 2. The van der Waals surface area contributed by atoms with Crippen LogP contribution in [0.3, 0.4) is 0 Å². The van der Waals surface area contributed by atoms with E-state index in [0.29, 0.717) is 47.7 Å². The highest BCUT2D eigenvalue weighted by Crippen LogP contribution is 2.27. The van der Waals surface area contributed by atoms with Crippen LogP contribution in [0.1, 0.15) is 64.2 Å². The minimum Gasteiger partial charge on any atom is -0.338 e. The molecule has 0 fully saturated rings. The first-order valence-electron chi connectivity index (χ1n) is 14.1. The summed E-state index contributed by atoms with van der Waals surface area (Å²) in [5, 5.41) is 6.94. The molecule has 3 aromatic heterocycles. The number of hydrogen-bond donors (Lipinski definition) is 2. The molecule has 2 aromatic carbocycles. The average molecular weight is 559 g/mol. The Hall–Kier alpha value is -5.18. The van der Waals surface area contributed by atoms with Crippen molar-refractivity contribution in [1.82, 2.24) is 19.5 Å². The lowest BCUT2D eigenvalue weighted by Crippen LogP contribution is -2.33. The van der Waals surface area contributed by atoms with Gasteiger partial charge in [0.05, 0.1) is 17.4 Å². The molecule has 0 spiro atoms. The van der Waals surface area contributed by atoms with Crippen molar-refractivity contribution in [2.75, 3.05) is 10.6 Å². The van der Waals surface area contributed by atoms with Gasteiger partial charge in [0.1, 0.15) is 23.5 Å². The van der Waals surface area contributed by atoms with Gasteiger partial charge in [0.15, 0.2) is 5.78 Å². The molecule has 0 unspecified atom stereocenters. The average Bonchev–Trinajstić information content (AvgIpc) is 3.01.